The molecule has 228 valence electrons. The number of hydrogen-bond donors (Lipinski definition) is 0. The van der Waals surface area contributed by atoms with Gasteiger partial charge in [0.05, 0.1) is 38.2 Å². The van der Waals surface area contributed by atoms with Crippen molar-refractivity contribution in [3.8, 4) is 28.2 Å². The summed E-state index contributed by atoms with van der Waals surface area (Å²) in [6.07, 6.45) is 0. The predicted octanol–water partition coefficient (Wildman–Crippen LogP) is 12.8. The summed E-state index contributed by atoms with van der Waals surface area (Å²) in [7, 11) is 0. The summed E-state index contributed by atoms with van der Waals surface area (Å²) in [5, 5.41) is 7.92. The lowest BCUT2D eigenvalue weighted by Gasteiger charge is -2.13. The number of aromatic nitrogens is 3. The van der Waals surface area contributed by atoms with E-state index < -0.39 is 0 Å². The molecule has 0 bridgehead atoms. The SMILES string of the molecule is c1ccc(-c2nc3ccc(-n4c5ccccc5c5c6c7ccccc7sc6c6c7ccccc7sc6c54)cc3nc2-c2ccccc2)cc1. The van der Waals surface area contributed by atoms with Crippen LogP contribution in [0.5, 0.6) is 0 Å². The lowest BCUT2D eigenvalue weighted by molar-refractivity contribution is 1.18. The lowest BCUT2D eigenvalue weighted by atomic mass is 10.0. The highest BCUT2D eigenvalue weighted by molar-refractivity contribution is 7.30. The van der Waals surface area contributed by atoms with Gasteiger partial charge in [0.25, 0.3) is 0 Å². The van der Waals surface area contributed by atoms with Crippen molar-refractivity contribution in [3.63, 3.8) is 0 Å². The summed E-state index contributed by atoms with van der Waals surface area (Å²) in [5.74, 6) is 0. The maximum absolute atomic E-state index is 5.36. The fraction of sp³-hybridized carbons (Fsp3) is 0. The van der Waals surface area contributed by atoms with Crippen LogP contribution in [0.25, 0.3) is 101 Å². The summed E-state index contributed by atoms with van der Waals surface area (Å²) in [5.41, 5.74) is 9.16. The van der Waals surface area contributed by atoms with Gasteiger partial charge in [-0.15, -0.1) is 22.7 Å². The Kier molecular flexibility index (Phi) is 5.70. The van der Waals surface area contributed by atoms with Gasteiger partial charge in [-0.3, -0.25) is 0 Å². The molecule has 0 amide bonds. The minimum absolute atomic E-state index is 0.872. The highest BCUT2D eigenvalue weighted by Crippen LogP contribution is 2.52. The molecule has 0 spiro atoms. The van der Waals surface area contributed by atoms with E-state index in [0.29, 0.717) is 0 Å². The second-order valence-electron chi connectivity index (χ2n) is 12.5. The third-order valence-corrected chi connectivity index (χ3v) is 12.1. The minimum Gasteiger partial charge on any atom is -0.308 e. The van der Waals surface area contributed by atoms with Crippen LogP contribution in [0.2, 0.25) is 0 Å². The average Bonchev–Trinajstić information content (AvgIpc) is 3.85. The molecular formula is C44H25N3S2. The maximum Gasteiger partial charge on any atom is 0.0973 e. The first kappa shape index (κ1) is 27.1. The molecule has 0 radical (unpaired) electrons. The van der Waals surface area contributed by atoms with E-state index in [1.54, 1.807) is 0 Å². The Bertz CT molecular complexity index is 3100. The third kappa shape index (κ3) is 3.88. The zero-order chi connectivity index (χ0) is 32.1. The molecule has 0 N–H and O–H groups in total. The second-order valence-corrected chi connectivity index (χ2v) is 14.6. The molecule has 0 unspecified atom stereocenters. The molecule has 3 nitrogen and oxygen atoms in total. The van der Waals surface area contributed by atoms with Crippen LogP contribution in [0, 0.1) is 0 Å². The molecule has 0 atom stereocenters. The fourth-order valence-corrected chi connectivity index (χ4v) is 10.2. The number of rotatable bonds is 3. The molecule has 11 aromatic rings. The van der Waals surface area contributed by atoms with Crippen LogP contribution < -0.4 is 0 Å². The molecule has 0 aliphatic carbocycles. The minimum atomic E-state index is 0.872. The van der Waals surface area contributed by atoms with Gasteiger partial charge in [-0.1, -0.05) is 115 Å². The molecule has 0 saturated heterocycles. The van der Waals surface area contributed by atoms with E-state index in [1.165, 1.54) is 62.2 Å². The van der Waals surface area contributed by atoms with Crippen LogP contribution in [0.1, 0.15) is 0 Å². The summed E-state index contributed by atoms with van der Waals surface area (Å²) in [4.78, 5) is 10.6. The predicted molar refractivity (Wildman–Crippen MR) is 211 cm³/mol. The van der Waals surface area contributed by atoms with E-state index in [9.17, 15) is 0 Å². The number of hydrogen-bond acceptors (Lipinski definition) is 4. The van der Waals surface area contributed by atoms with Gasteiger partial charge in [0.15, 0.2) is 0 Å². The van der Waals surface area contributed by atoms with Gasteiger partial charge < -0.3 is 4.57 Å². The molecule has 0 aliphatic heterocycles. The van der Waals surface area contributed by atoms with Gasteiger partial charge in [0.2, 0.25) is 0 Å². The number of nitrogens with zero attached hydrogens (tertiary/aromatic N) is 3. The van der Waals surface area contributed by atoms with E-state index in [4.69, 9.17) is 9.97 Å². The van der Waals surface area contributed by atoms with Gasteiger partial charge in [-0.05, 0) is 36.4 Å². The van der Waals surface area contributed by atoms with E-state index >= 15 is 0 Å². The third-order valence-electron chi connectivity index (χ3n) is 9.76. The van der Waals surface area contributed by atoms with E-state index in [-0.39, 0.29) is 0 Å². The Labute approximate surface area is 289 Å². The lowest BCUT2D eigenvalue weighted by Crippen LogP contribution is -1.98. The largest absolute Gasteiger partial charge is 0.308 e. The molecule has 5 heteroatoms. The summed E-state index contributed by atoms with van der Waals surface area (Å²) < 4.78 is 7.80. The summed E-state index contributed by atoms with van der Waals surface area (Å²) in [6, 6.07) is 54.0. The molecular weight excluding hydrogens is 635 g/mol. The highest BCUT2D eigenvalue weighted by Gasteiger charge is 2.24. The second kappa shape index (κ2) is 10.3. The normalized spacial score (nSPS) is 12.1. The van der Waals surface area contributed by atoms with Gasteiger partial charge in [0, 0.05) is 63.2 Å². The van der Waals surface area contributed by atoms with Crippen molar-refractivity contribution in [3.05, 3.63) is 152 Å². The first-order valence-corrected chi connectivity index (χ1v) is 18.1. The molecule has 0 aliphatic rings. The van der Waals surface area contributed by atoms with E-state index in [0.717, 1.165) is 39.2 Å². The molecule has 4 aromatic heterocycles. The number of fused-ring (bicyclic) bond motifs is 13. The number of para-hydroxylation sites is 1. The summed E-state index contributed by atoms with van der Waals surface area (Å²) in [6.45, 7) is 0. The molecule has 11 rings (SSSR count). The Balaban J connectivity index is 1.29. The monoisotopic (exact) mass is 659 g/mol. The van der Waals surface area contributed by atoms with Crippen LogP contribution in [0.4, 0.5) is 0 Å². The zero-order valence-electron chi connectivity index (χ0n) is 26.1. The molecule has 49 heavy (non-hydrogen) atoms. The summed E-state index contributed by atoms with van der Waals surface area (Å²) >= 11 is 3.82. The van der Waals surface area contributed by atoms with Gasteiger partial charge in [-0.25, -0.2) is 9.97 Å². The Hall–Kier alpha value is -5.88. The van der Waals surface area contributed by atoms with Gasteiger partial charge >= 0.3 is 0 Å². The van der Waals surface area contributed by atoms with Crippen molar-refractivity contribution >= 4 is 95.9 Å². The zero-order valence-corrected chi connectivity index (χ0v) is 27.7. The number of thiophene rings is 2. The van der Waals surface area contributed by atoms with Crippen LogP contribution in [-0.4, -0.2) is 14.5 Å². The van der Waals surface area contributed by atoms with Gasteiger partial charge in [0.1, 0.15) is 0 Å². The van der Waals surface area contributed by atoms with Crippen molar-refractivity contribution in [2.24, 2.45) is 0 Å². The Morgan fingerprint density at radius 3 is 1.67 bits per heavy atom. The first-order chi connectivity index (χ1) is 24.3. The number of benzene rings is 7. The molecule has 0 fully saturated rings. The van der Waals surface area contributed by atoms with Crippen molar-refractivity contribution < 1.29 is 0 Å². The smallest absolute Gasteiger partial charge is 0.0973 e. The topological polar surface area (TPSA) is 30.7 Å². The van der Waals surface area contributed by atoms with Crippen molar-refractivity contribution in [2.45, 2.75) is 0 Å². The van der Waals surface area contributed by atoms with Crippen molar-refractivity contribution in [1.82, 2.24) is 14.5 Å². The standard InChI is InChI=1S/C44H25N3S2/c1-3-13-26(14-4-1)40-41(27-15-5-2-6-16-27)46-33-25-28(23-24-32(33)45-40)47-34-20-10-7-17-29(34)37-38-30-18-8-11-21-35(30)48-43(38)39-31-19-9-12-22-36(31)49-44(39)42(37)47/h1-25H. The van der Waals surface area contributed by atoms with E-state index in [2.05, 4.69) is 144 Å². The van der Waals surface area contributed by atoms with Crippen molar-refractivity contribution in [1.29, 1.82) is 0 Å². The maximum atomic E-state index is 5.36. The molecule has 7 aromatic carbocycles. The highest BCUT2D eigenvalue weighted by atomic mass is 32.1. The first-order valence-electron chi connectivity index (χ1n) is 16.4. The Morgan fingerprint density at radius 2 is 0.980 bits per heavy atom. The molecule has 4 heterocycles. The van der Waals surface area contributed by atoms with Crippen LogP contribution in [-0.2, 0) is 0 Å². The van der Waals surface area contributed by atoms with Crippen LogP contribution in [0.3, 0.4) is 0 Å². The fourth-order valence-electron chi connectivity index (χ4n) is 7.66. The Morgan fingerprint density at radius 1 is 0.429 bits per heavy atom. The van der Waals surface area contributed by atoms with Gasteiger partial charge in [-0.2, -0.15) is 0 Å². The average molecular weight is 660 g/mol. The van der Waals surface area contributed by atoms with Crippen molar-refractivity contribution in [2.75, 3.05) is 0 Å². The van der Waals surface area contributed by atoms with Crippen LogP contribution in [0.15, 0.2) is 152 Å². The van der Waals surface area contributed by atoms with Crippen LogP contribution >= 0.6 is 22.7 Å². The van der Waals surface area contributed by atoms with E-state index in [1.807, 2.05) is 34.8 Å². The molecule has 0 saturated carbocycles. The quantitative estimate of drug-likeness (QED) is 0.189.